The number of rotatable bonds is 0. The van der Waals surface area contributed by atoms with Crippen LogP contribution in [0.3, 0.4) is 0 Å². The molecule has 0 fully saturated rings. The predicted octanol–water partition coefficient (Wildman–Crippen LogP) is 0.776. The van der Waals surface area contributed by atoms with E-state index in [0.29, 0.717) is 11.0 Å². The van der Waals surface area contributed by atoms with Gasteiger partial charge in [-0.25, -0.2) is 9.78 Å². The van der Waals surface area contributed by atoms with Crippen LogP contribution in [-0.2, 0) is 0 Å². The zero-order valence-electron chi connectivity index (χ0n) is 6.26. The minimum atomic E-state index is -0.401. The maximum absolute atomic E-state index is 10.9. The van der Waals surface area contributed by atoms with Crippen LogP contribution >= 0.6 is 11.6 Å². The molecule has 2 heterocycles. The topological polar surface area (TPSA) is 85.3 Å². The molecule has 0 amide bonds. The molecule has 6 heteroatoms. The summed E-state index contributed by atoms with van der Waals surface area (Å²) in [5.41, 5.74) is 0.650. The Hall–Kier alpha value is -1.80. The molecule has 13 heavy (non-hydrogen) atoms. The summed E-state index contributed by atoms with van der Waals surface area (Å²) >= 11 is 5.69. The number of fused-ring (bicyclic) bond motifs is 1. The van der Waals surface area contributed by atoms with Crippen LogP contribution in [-0.4, -0.2) is 15.0 Å². The number of nitriles is 1. The monoisotopic (exact) mass is 194 g/mol. The summed E-state index contributed by atoms with van der Waals surface area (Å²) in [7, 11) is 0. The van der Waals surface area contributed by atoms with Crippen molar-refractivity contribution in [2.75, 3.05) is 0 Å². The number of aromatic amines is 2. The number of aromatic nitrogens is 3. The Balaban J connectivity index is 3.02. The van der Waals surface area contributed by atoms with Crippen LogP contribution in [0.1, 0.15) is 5.56 Å². The Morgan fingerprint density at radius 2 is 2.15 bits per heavy atom. The first kappa shape index (κ1) is 7.83. The van der Waals surface area contributed by atoms with Crippen LogP contribution in [0.5, 0.6) is 0 Å². The fourth-order valence-corrected chi connectivity index (χ4v) is 1.27. The van der Waals surface area contributed by atoms with E-state index in [-0.39, 0.29) is 10.7 Å². The molecule has 0 spiro atoms. The molecule has 0 unspecified atom stereocenters. The maximum atomic E-state index is 10.9. The first-order valence-electron chi connectivity index (χ1n) is 3.39. The molecule has 0 aromatic carbocycles. The van der Waals surface area contributed by atoms with Gasteiger partial charge in [0.1, 0.15) is 11.6 Å². The number of imidazole rings is 1. The number of hydrogen-bond donors (Lipinski definition) is 2. The SMILES string of the molecule is N#Cc1cnc(Cl)c2[nH]c(=O)[nH]c12. The standard InChI is InChI=1S/C7H3ClN4O/c8-6-5-4(11-7(13)12-5)3(1-9)2-10-6/h2H,(H2,11,12,13). The van der Waals surface area contributed by atoms with Crippen LogP contribution < -0.4 is 5.69 Å². The first-order chi connectivity index (χ1) is 6.22. The third-order valence-corrected chi connectivity index (χ3v) is 1.92. The zero-order valence-corrected chi connectivity index (χ0v) is 7.01. The number of nitrogens with zero attached hydrogens (tertiary/aromatic N) is 2. The van der Waals surface area contributed by atoms with Gasteiger partial charge in [0.15, 0.2) is 5.15 Å². The minimum absolute atomic E-state index is 0.173. The average molecular weight is 195 g/mol. The van der Waals surface area contributed by atoms with E-state index in [1.165, 1.54) is 6.20 Å². The van der Waals surface area contributed by atoms with Gasteiger partial charge < -0.3 is 9.97 Å². The molecular weight excluding hydrogens is 192 g/mol. The summed E-state index contributed by atoms with van der Waals surface area (Å²) in [4.78, 5) is 19.6. The van der Waals surface area contributed by atoms with Gasteiger partial charge in [-0.2, -0.15) is 5.26 Å². The van der Waals surface area contributed by atoms with Gasteiger partial charge in [0.2, 0.25) is 0 Å². The third-order valence-electron chi connectivity index (χ3n) is 1.63. The van der Waals surface area contributed by atoms with E-state index < -0.39 is 5.69 Å². The first-order valence-corrected chi connectivity index (χ1v) is 3.77. The van der Waals surface area contributed by atoms with E-state index in [9.17, 15) is 4.79 Å². The van der Waals surface area contributed by atoms with Crippen molar-refractivity contribution in [1.82, 2.24) is 15.0 Å². The Bertz CT molecular complexity index is 562. The molecule has 5 nitrogen and oxygen atoms in total. The van der Waals surface area contributed by atoms with Gasteiger partial charge in [-0.1, -0.05) is 11.6 Å². The van der Waals surface area contributed by atoms with Crippen molar-refractivity contribution in [3.8, 4) is 6.07 Å². The average Bonchev–Trinajstić information content (AvgIpc) is 2.48. The fourth-order valence-electron chi connectivity index (χ4n) is 1.08. The summed E-state index contributed by atoms with van der Waals surface area (Å²) < 4.78 is 0. The molecule has 2 aromatic rings. The number of halogens is 1. The largest absolute Gasteiger partial charge is 0.323 e. The predicted molar refractivity (Wildman–Crippen MR) is 46.4 cm³/mol. The summed E-state index contributed by atoms with van der Waals surface area (Å²) in [6.07, 6.45) is 1.31. The smallest absolute Gasteiger partial charge is 0.304 e. The number of H-pyrrole nitrogens is 2. The normalized spacial score (nSPS) is 10.2. The van der Waals surface area contributed by atoms with E-state index in [1.54, 1.807) is 0 Å². The van der Waals surface area contributed by atoms with E-state index in [2.05, 4.69) is 15.0 Å². The Morgan fingerprint density at radius 3 is 2.85 bits per heavy atom. The van der Waals surface area contributed by atoms with Crippen molar-refractivity contribution in [2.45, 2.75) is 0 Å². The molecule has 0 aliphatic heterocycles. The molecule has 0 saturated heterocycles. The van der Waals surface area contributed by atoms with Gasteiger partial charge in [-0.15, -0.1) is 0 Å². The van der Waals surface area contributed by atoms with Gasteiger partial charge >= 0.3 is 5.69 Å². The van der Waals surface area contributed by atoms with Crippen molar-refractivity contribution in [3.05, 3.63) is 27.4 Å². The van der Waals surface area contributed by atoms with Crippen LogP contribution in [0.25, 0.3) is 11.0 Å². The highest BCUT2D eigenvalue weighted by atomic mass is 35.5. The lowest BCUT2D eigenvalue weighted by atomic mass is 10.3. The second kappa shape index (κ2) is 2.61. The summed E-state index contributed by atoms with van der Waals surface area (Å²) in [6.45, 7) is 0. The Kier molecular flexibility index (Phi) is 1.57. The van der Waals surface area contributed by atoms with E-state index in [1.807, 2.05) is 6.07 Å². The van der Waals surface area contributed by atoms with E-state index >= 15 is 0 Å². The van der Waals surface area contributed by atoms with Crippen LogP contribution in [0.4, 0.5) is 0 Å². The van der Waals surface area contributed by atoms with Gasteiger partial charge in [-0.3, -0.25) is 0 Å². The Morgan fingerprint density at radius 1 is 1.46 bits per heavy atom. The Labute approximate surface area is 77.0 Å². The van der Waals surface area contributed by atoms with E-state index in [0.717, 1.165) is 0 Å². The van der Waals surface area contributed by atoms with Crippen molar-refractivity contribution in [2.24, 2.45) is 0 Å². The van der Waals surface area contributed by atoms with Crippen LogP contribution in [0, 0.1) is 11.3 Å². The molecule has 0 saturated carbocycles. The van der Waals surface area contributed by atoms with Gasteiger partial charge in [-0.05, 0) is 0 Å². The molecule has 0 radical (unpaired) electrons. The highest BCUT2D eigenvalue weighted by Gasteiger charge is 2.08. The lowest BCUT2D eigenvalue weighted by molar-refractivity contribution is 1.21. The molecule has 64 valence electrons. The number of hydrogen-bond acceptors (Lipinski definition) is 3. The molecule has 2 rings (SSSR count). The van der Waals surface area contributed by atoms with E-state index in [4.69, 9.17) is 16.9 Å². The molecule has 2 aromatic heterocycles. The third kappa shape index (κ3) is 1.08. The highest BCUT2D eigenvalue weighted by Crippen LogP contribution is 2.18. The molecule has 0 bridgehead atoms. The lowest BCUT2D eigenvalue weighted by Gasteiger charge is -1.92. The number of pyridine rings is 1. The molecule has 0 atom stereocenters. The minimum Gasteiger partial charge on any atom is -0.304 e. The van der Waals surface area contributed by atoms with Gasteiger partial charge in [0.05, 0.1) is 11.1 Å². The van der Waals surface area contributed by atoms with Crippen LogP contribution in [0.2, 0.25) is 5.15 Å². The molecule has 2 N–H and O–H groups in total. The summed E-state index contributed by atoms with van der Waals surface area (Å²) in [6, 6.07) is 1.90. The lowest BCUT2D eigenvalue weighted by Crippen LogP contribution is -1.99. The number of nitrogens with one attached hydrogen (secondary N) is 2. The van der Waals surface area contributed by atoms with Crippen molar-refractivity contribution in [3.63, 3.8) is 0 Å². The van der Waals surface area contributed by atoms with Gasteiger partial charge in [0, 0.05) is 6.20 Å². The second-order valence-electron chi connectivity index (χ2n) is 2.40. The molecular formula is C7H3ClN4O. The second-order valence-corrected chi connectivity index (χ2v) is 2.76. The quantitative estimate of drug-likeness (QED) is 0.608. The van der Waals surface area contributed by atoms with Crippen molar-refractivity contribution in [1.29, 1.82) is 5.26 Å². The van der Waals surface area contributed by atoms with Crippen molar-refractivity contribution < 1.29 is 0 Å². The van der Waals surface area contributed by atoms with Crippen LogP contribution in [0.15, 0.2) is 11.0 Å². The summed E-state index contributed by atoms with van der Waals surface area (Å²) in [5.74, 6) is 0. The van der Waals surface area contributed by atoms with Crippen molar-refractivity contribution >= 4 is 22.6 Å². The maximum Gasteiger partial charge on any atom is 0.323 e. The molecule has 0 aliphatic carbocycles. The summed E-state index contributed by atoms with van der Waals surface area (Å²) in [5, 5.41) is 8.84. The fraction of sp³-hybridized carbons (Fsp3) is 0. The van der Waals surface area contributed by atoms with Gasteiger partial charge in [0.25, 0.3) is 0 Å². The zero-order chi connectivity index (χ0) is 9.42. The molecule has 0 aliphatic rings. The highest BCUT2D eigenvalue weighted by molar-refractivity contribution is 6.33.